The average molecular weight is 288 g/mol. The van der Waals surface area contributed by atoms with Crippen LogP contribution in [0.25, 0.3) is 0 Å². The standard InChI is InChI=1S/C8H9NO2.C7H7NO2/c10-7-4-5-8(11)9(7)6-2-1-3-6;9-6-3-4-7(10)8(6)5-1-2-5/h4-6H,1-3H2;3-5H,1-2H2. The number of amides is 4. The molecular weight excluding hydrogens is 272 g/mol. The van der Waals surface area contributed by atoms with Gasteiger partial charge in [0.2, 0.25) is 0 Å². The number of hydrogen-bond acceptors (Lipinski definition) is 4. The molecule has 110 valence electrons. The van der Waals surface area contributed by atoms with Gasteiger partial charge >= 0.3 is 0 Å². The van der Waals surface area contributed by atoms with Gasteiger partial charge in [-0.3, -0.25) is 29.0 Å². The SMILES string of the molecule is O=C1C=CC(=O)N1C1CC1.O=C1C=CC(=O)N1C1CCC1. The van der Waals surface area contributed by atoms with Crippen LogP contribution < -0.4 is 0 Å². The fourth-order valence-corrected chi connectivity index (χ4v) is 2.52. The Kier molecular flexibility index (Phi) is 3.45. The van der Waals surface area contributed by atoms with Crippen molar-refractivity contribution in [1.82, 2.24) is 9.80 Å². The molecule has 4 aliphatic rings. The Hall–Kier alpha value is -2.24. The van der Waals surface area contributed by atoms with E-state index in [2.05, 4.69) is 0 Å². The minimum absolute atomic E-state index is 0.139. The van der Waals surface area contributed by atoms with E-state index in [-0.39, 0.29) is 35.7 Å². The van der Waals surface area contributed by atoms with Crippen molar-refractivity contribution in [3.8, 4) is 0 Å². The third-order valence-electron chi connectivity index (χ3n) is 4.04. The lowest BCUT2D eigenvalue weighted by Gasteiger charge is -2.32. The molecule has 6 heteroatoms. The maximum atomic E-state index is 11.0. The van der Waals surface area contributed by atoms with Gasteiger partial charge in [-0.15, -0.1) is 0 Å². The highest BCUT2D eigenvalue weighted by atomic mass is 16.2. The molecule has 2 aliphatic carbocycles. The Morgan fingerprint density at radius 2 is 0.952 bits per heavy atom. The zero-order valence-electron chi connectivity index (χ0n) is 11.5. The van der Waals surface area contributed by atoms with Crippen LogP contribution in [0.4, 0.5) is 0 Å². The van der Waals surface area contributed by atoms with Crippen molar-refractivity contribution in [2.24, 2.45) is 0 Å². The highest BCUT2D eigenvalue weighted by Crippen LogP contribution is 2.29. The molecule has 0 aromatic rings. The summed E-state index contributed by atoms with van der Waals surface area (Å²) in [5.74, 6) is -0.570. The molecule has 0 atom stereocenters. The molecule has 0 unspecified atom stereocenters. The molecule has 21 heavy (non-hydrogen) atoms. The first-order valence-corrected chi connectivity index (χ1v) is 7.18. The molecule has 0 bridgehead atoms. The van der Waals surface area contributed by atoms with Gasteiger partial charge in [0.15, 0.2) is 0 Å². The van der Waals surface area contributed by atoms with Gasteiger partial charge in [-0.05, 0) is 32.1 Å². The normalized spacial score (nSPS) is 24.6. The van der Waals surface area contributed by atoms with Crippen LogP contribution in [-0.4, -0.2) is 45.5 Å². The zero-order chi connectivity index (χ0) is 15.0. The summed E-state index contributed by atoms with van der Waals surface area (Å²) in [7, 11) is 0. The van der Waals surface area contributed by atoms with Crippen molar-refractivity contribution in [3.63, 3.8) is 0 Å². The lowest BCUT2D eigenvalue weighted by atomic mass is 9.92. The van der Waals surface area contributed by atoms with Gasteiger partial charge < -0.3 is 0 Å². The second-order valence-corrected chi connectivity index (χ2v) is 5.58. The Bertz CT molecular complexity index is 534. The number of carbonyl (C=O) groups excluding carboxylic acids is 4. The minimum Gasteiger partial charge on any atom is -0.272 e. The first kappa shape index (κ1) is 13.7. The van der Waals surface area contributed by atoms with Crippen molar-refractivity contribution in [3.05, 3.63) is 24.3 Å². The van der Waals surface area contributed by atoms with Crippen LogP contribution in [0.1, 0.15) is 32.1 Å². The van der Waals surface area contributed by atoms with Crippen molar-refractivity contribution in [2.45, 2.75) is 44.2 Å². The summed E-state index contributed by atoms with van der Waals surface area (Å²) in [6, 6.07) is 0.417. The topological polar surface area (TPSA) is 74.8 Å². The fraction of sp³-hybridized carbons (Fsp3) is 0.467. The molecule has 0 radical (unpaired) electrons. The first-order valence-electron chi connectivity index (χ1n) is 7.18. The van der Waals surface area contributed by atoms with E-state index in [4.69, 9.17) is 0 Å². The van der Waals surface area contributed by atoms with E-state index in [9.17, 15) is 19.2 Å². The second-order valence-electron chi connectivity index (χ2n) is 5.58. The van der Waals surface area contributed by atoms with E-state index in [1.165, 1.54) is 34.1 Å². The molecule has 4 rings (SSSR count). The first-order chi connectivity index (χ1) is 10.1. The third-order valence-corrected chi connectivity index (χ3v) is 4.04. The predicted octanol–water partition coefficient (Wildman–Crippen LogP) is 0.538. The highest BCUT2D eigenvalue weighted by Gasteiger charge is 2.37. The molecule has 0 aromatic carbocycles. The monoisotopic (exact) mass is 288 g/mol. The van der Waals surface area contributed by atoms with Gasteiger partial charge in [0.25, 0.3) is 23.6 Å². The van der Waals surface area contributed by atoms with E-state index in [0.29, 0.717) is 0 Å². The van der Waals surface area contributed by atoms with E-state index >= 15 is 0 Å². The summed E-state index contributed by atoms with van der Waals surface area (Å²) < 4.78 is 0. The van der Waals surface area contributed by atoms with Crippen LogP contribution in [0.5, 0.6) is 0 Å². The van der Waals surface area contributed by atoms with Crippen LogP contribution in [0.3, 0.4) is 0 Å². The number of carbonyl (C=O) groups is 4. The third kappa shape index (κ3) is 2.66. The highest BCUT2D eigenvalue weighted by molar-refractivity contribution is 6.13. The molecule has 2 saturated carbocycles. The molecule has 0 saturated heterocycles. The summed E-state index contributed by atoms with van der Waals surface area (Å²) in [4.78, 5) is 46.5. The Morgan fingerprint density at radius 1 is 0.619 bits per heavy atom. The number of hydrogen-bond donors (Lipinski definition) is 0. The average Bonchev–Trinajstić information content (AvgIpc) is 3.11. The quantitative estimate of drug-likeness (QED) is 0.695. The van der Waals surface area contributed by atoms with Crippen LogP contribution in [0.15, 0.2) is 24.3 Å². The molecule has 6 nitrogen and oxygen atoms in total. The maximum absolute atomic E-state index is 11.0. The molecule has 0 aromatic heterocycles. The van der Waals surface area contributed by atoms with Gasteiger partial charge in [0, 0.05) is 36.4 Å². The summed E-state index contributed by atoms with van der Waals surface area (Å²) in [5, 5.41) is 0. The largest absolute Gasteiger partial charge is 0.272 e. The van der Waals surface area contributed by atoms with E-state index in [1.54, 1.807) is 0 Å². The van der Waals surface area contributed by atoms with Crippen molar-refractivity contribution in [2.75, 3.05) is 0 Å². The van der Waals surface area contributed by atoms with Crippen LogP contribution in [-0.2, 0) is 19.2 Å². The van der Waals surface area contributed by atoms with Crippen LogP contribution >= 0.6 is 0 Å². The molecular formula is C15H16N2O4. The van der Waals surface area contributed by atoms with Crippen LogP contribution in [0.2, 0.25) is 0 Å². The number of nitrogens with zero attached hydrogens (tertiary/aromatic N) is 2. The summed E-state index contributed by atoms with van der Waals surface area (Å²) >= 11 is 0. The number of imide groups is 2. The van der Waals surface area contributed by atoms with Gasteiger partial charge in [-0.2, -0.15) is 0 Å². The van der Waals surface area contributed by atoms with Crippen LogP contribution in [0, 0.1) is 0 Å². The summed E-state index contributed by atoms with van der Waals surface area (Å²) in [5.41, 5.74) is 0. The predicted molar refractivity (Wildman–Crippen MR) is 72.6 cm³/mol. The van der Waals surface area contributed by atoms with E-state index in [0.717, 1.165) is 32.1 Å². The van der Waals surface area contributed by atoms with Crippen molar-refractivity contribution in [1.29, 1.82) is 0 Å². The maximum Gasteiger partial charge on any atom is 0.253 e. The minimum atomic E-state index is -0.146. The van der Waals surface area contributed by atoms with Gasteiger partial charge in [-0.25, -0.2) is 0 Å². The molecule has 0 N–H and O–H groups in total. The van der Waals surface area contributed by atoms with Gasteiger partial charge in [0.05, 0.1) is 0 Å². The van der Waals surface area contributed by atoms with Gasteiger partial charge in [-0.1, -0.05) is 0 Å². The molecule has 2 heterocycles. The lowest BCUT2D eigenvalue weighted by Crippen LogP contribution is -2.43. The Morgan fingerprint density at radius 3 is 1.19 bits per heavy atom. The second kappa shape index (κ2) is 5.27. The van der Waals surface area contributed by atoms with E-state index in [1.807, 2.05) is 0 Å². The number of rotatable bonds is 2. The van der Waals surface area contributed by atoms with Gasteiger partial charge in [0.1, 0.15) is 0 Å². The Labute approximate surface area is 122 Å². The molecule has 4 amide bonds. The summed E-state index contributed by atoms with van der Waals surface area (Å²) in [6.45, 7) is 0. The smallest absolute Gasteiger partial charge is 0.253 e. The van der Waals surface area contributed by atoms with Crippen molar-refractivity contribution >= 4 is 23.6 Å². The molecule has 0 spiro atoms. The lowest BCUT2D eigenvalue weighted by molar-refractivity contribution is -0.141. The molecule has 2 aliphatic heterocycles. The van der Waals surface area contributed by atoms with E-state index < -0.39 is 0 Å². The Balaban J connectivity index is 0.000000126. The fourth-order valence-electron chi connectivity index (χ4n) is 2.52. The molecule has 2 fully saturated rings. The van der Waals surface area contributed by atoms with Crippen molar-refractivity contribution < 1.29 is 19.2 Å². The zero-order valence-corrected chi connectivity index (χ0v) is 11.5. The summed E-state index contributed by atoms with van der Waals surface area (Å²) in [6.07, 6.45) is 10.4.